The molecule has 3 aromatic rings. The van der Waals surface area contributed by atoms with Crippen molar-refractivity contribution in [3.63, 3.8) is 0 Å². The van der Waals surface area contributed by atoms with Crippen molar-refractivity contribution in [2.24, 2.45) is 4.99 Å². The topological polar surface area (TPSA) is 99.1 Å². The number of amides is 2. The molecule has 0 saturated carbocycles. The number of aliphatic imine (C=N–C) groups is 1. The molecule has 8 heteroatoms. The van der Waals surface area contributed by atoms with Gasteiger partial charge >= 0.3 is 5.97 Å². The van der Waals surface area contributed by atoms with E-state index >= 15 is 0 Å². The minimum absolute atomic E-state index is 0.0404. The molecule has 0 unspecified atom stereocenters. The Kier molecular flexibility index (Phi) is 6.32. The lowest BCUT2D eigenvalue weighted by Gasteiger charge is -2.16. The molecule has 3 aromatic carbocycles. The highest BCUT2D eigenvalue weighted by Crippen LogP contribution is 2.35. The van der Waals surface area contributed by atoms with Crippen molar-refractivity contribution >= 4 is 51.8 Å². The number of carbonyl (C=O) groups excluding carboxylic acids is 2. The summed E-state index contributed by atoms with van der Waals surface area (Å²) in [5, 5.41) is 11.6. The van der Waals surface area contributed by atoms with Crippen LogP contribution in [0.4, 0.5) is 17.1 Å². The lowest BCUT2D eigenvalue weighted by Crippen LogP contribution is -2.33. The molecule has 1 saturated heterocycles. The van der Waals surface area contributed by atoms with E-state index in [9.17, 15) is 14.4 Å². The molecule has 160 valence electrons. The van der Waals surface area contributed by atoms with Crippen LogP contribution >= 0.6 is 11.8 Å². The van der Waals surface area contributed by atoms with E-state index in [0.717, 1.165) is 0 Å². The summed E-state index contributed by atoms with van der Waals surface area (Å²) >= 11 is 1.25. The van der Waals surface area contributed by atoms with Crippen molar-refractivity contribution in [2.45, 2.75) is 11.7 Å². The van der Waals surface area contributed by atoms with Crippen molar-refractivity contribution in [3.8, 4) is 0 Å². The van der Waals surface area contributed by atoms with Crippen LogP contribution in [-0.4, -0.2) is 33.3 Å². The van der Waals surface area contributed by atoms with E-state index in [1.165, 1.54) is 40.9 Å². The van der Waals surface area contributed by atoms with Crippen LogP contribution in [0.3, 0.4) is 0 Å². The van der Waals surface area contributed by atoms with Crippen LogP contribution in [0.5, 0.6) is 0 Å². The second-order valence-corrected chi connectivity index (χ2v) is 8.15. The Morgan fingerprint density at radius 2 is 1.56 bits per heavy atom. The molecular formula is C24H19N3O4S. The number of nitrogens with one attached hydrogen (secondary N) is 1. The number of anilines is 2. The third-order valence-electron chi connectivity index (χ3n) is 4.72. The van der Waals surface area contributed by atoms with Gasteiger partial charge in [-0.05, 0) is 48.5 Å². The molecule has 4 rings (SSSR count). The van der Waals surface area contributed by atoms with E-state index in [4.69, 9.17) is 5.11 Å². The highest BCUT2D eigenvalue weighted by molar-refractivity contribution is 8.16. The van der Waals surface area contributed by atoms with Gasteiger partial charge in [0.1, 0.15) is 5.25 Å². The Morgan fingerprint density at radius 1 is 0.938 bits per heavy atom. The van der Waals surface area contributed by atoms with E-state index in [2.05, 4.69) is 10.3 Å². The first-order valence-electron chi connectivity index (χ1n) is 9.84. The van der Waals surface area contributed by atoms with Gasteiger partial charge in [0.05, 0.1) is 16.9 Å². The summed E-state index contributed by atoms with van der Waals surface area (Å²) in [5.41, 5.74) is 2.00. The van der Waals surface area contributed by atoms with Crippen LogP contribution in [0.2, 0.25) is 0 Å². The molecule has 1 atom stereocenters. The Labute approximate surface area is 188 Å². The van der Waals surface area contributed by atoms with Gasteiger partial charge in [-0.3, -0.25) is 14.5 Å². The molecule has 0 radical (unpaired) electrons. The Bertz CT molecular complexity index is 1160. The molecule has 0 aromatic heterocycles. The van der Waals surface area contributed by atoms with Gasteiger partial charge in [-0.2, -0.15) is 0 Å². The molecule has 1 aliphatic rings. The fourth-order valence-corrected chi connectivity index (χ4v) is 4.33. The highest BCUT2D eigenvalue weighted by atomic mass is 32.2. The summed E-state index contributed by atoms with van der Waals surface area (Å²) in [6.45, 7) is 0. The van der Waals surface area contributed by atoms with Gasteiger partial charge in [-0.15, -0.1) is 0 Å². The number of hydrogen-bond acceptors (Lipinski definition) is 5. The Morgan fingerprint density at radius 3 is 2.19 bits per heavy atom. The van der Waals surface area contributed by atoms with E-state index in [0.29, 0.717) is 22.2 Å². The number of amidine groups is 1. The van der Waals surface area contributed by atoms with Crippen LogP contribution in [0.15, 0.2) is 89.9 Å². The number of carbonyl (C=O) groups is 3. The number of carboxylic acids is 1. The number of carboxylic acid groups (broad SMARTS) is 1. The van der Waals surface area contributed by atoms with Gasteiger partial charge in [0.2, 0.25) is 11.8 Å². The Hall–Kier alpha value is -3.91. The number of rotatable bonds is 6. The molecule has 0 spiro atoms. The monoisotopic (exact) mass is 445 g/mol. The second-order valence-electron chi connectivity index (χ2n) is 6.98. The van der Waals surface area contributed by atoms with Crippen molar-refractivity contribution in [1.82, 2.24) is 0 Å². The molecular weight excluding hydrogens is 426 g/mol. The lowest BCUT2D eigenvalue weighted by molar-refractivity contribution is -0.121. The number of thioether (sulfide) groups is 1. The number of nitrogens with zero attached hydrogens (tertiary/aromatic N) is 2. The smallest absolute Gasteiger partial charge is 0.335 e. The predicted molar refractivity (Wildman–Crippen MR) is 125 cm³/mol. The molecule has 1 heterocycles. The molecule has 7 nitrogen and oxygen atoms in total. The average molecular weight is 446 g/mol. The van der Waals surface area contributed by atoms with Gasteiger partial charge < -0.3 is 10.4 Å². The fraction of sp³-hybridized carbons (Fsp3) is 0.0833. The summed E-state index contributed by atoms with van der Waals surface area (Å²) in [4.78, 5) is 42.9. The summed E-state index contributed by atoms with van der Waals surface area (Å²) in [6, 6.07) is 24.4. The largest absolute Gasteiger partial charge is 0.478 e. The third-order valence-corrected chi connectivity index (χ3v) is 5.85. The summed E-state index contributed by atoms with van der Waals surface area (Å²) in [6.07, 6.45) is -0.0404. The van der Waals surface area contributed by atoms with Gasteiger partial charge in [0.25, 0.3) is 0 Å². The number of hydrogen-bond donors (Lipinski definition) is 2. The molecule has 2 N–H and O–H groups in total. The number of benzene rings is 3. The van der Waals surface area contributed by atoms with E-state index in [1.54, 1.807) is 0 Å². The van der Waals surface area contributed by atoms with Crippen LogP contribution in [0, 0.1) is 0 Å². The zero-order chi connectivity index (χ0) is 22.5. The predicted octanol–water partition coefficient (Wildman–Crippen LogP) is 4.55. The first kappa shape index (κ1) is 21.3. The van der Waals surface area contributed by atoms with Gasteiger partial charge in [0.15, 0.2) is 5.17 Å². The zero-order valence-corrected chi connectivity index (χ0v) is 17.7. The molecule has 32 heavy (non-hydrogen) atoms. The van der Waals surface area contributed by atoms with E-state index < -0.39 is 11.2 Å². The summed E-state index contributed by atoms with van der Waals surface area (Å²) in [7, 11) is 0. The zero-order valence-electron chi connectivity index (χ0n) is 16.8. The molecule has 1 fully saturated rings. The first-order chi connectivity index (χ1) is 15.5. The molecule has 0 aliphatic carbocycles. The van der Waals surface area contributed by atoms with Crippen molar-refractivity contribution in [3.05, 3.63) is 90.5 Å². The maximum Gasteiger partial charge on any atom is 0.335 e. The maximum atomic E-state index is 13.2. The quantitative estimate of drug-likeness (QED) is 0.580. The van der Waals surface area contributed by atoms with Crippen LogP contribution in [0.25, 0.3) is 0 Å². The lowest BCUT2D eigenvalue weighted by atomic mass is 10.2. The van der Waals surface area contributed by atoms with E-state index in [-0.39, 0.29) is 23.8 Å². The maximum absolute atomic E-state index is 13.2. The first-order valence-corrected chi connectivity index (χ1v) is 10.7. The van der Waals surface area contributed by atoms with E-state index in [1.807, 2.05) is 60.7 Å². The van der Waals surface area contributed by atoms with Crippen molar-refractivity contribution < 1.29 is 19.5 Å². The minimum Gasteiger partial charge on any atom is -0.478 e. The van der Waals surface area contributed by atoms with Crippen molar-refractivity contribution in [2.75, 3.05) is 10.2 Å². The van der Waals surface area contributed by atoms with Gasteiger partial charge in [-0.1, -0.05) is 48.2 Å². The normalized spacial score (nSPS) is 16.9. The Balaban J connectivity index is 1.52. The third kappa shape index (κ3) is 4.87. The molecule has 0 bridgehead atoms. The highest BCUT2D eigenvalue weighted by Gasteiger charge is 2.40. The minimum atomic E-state index is -1.04. The van der Waals surface area contributed by atoms with Gasteiger partial charge in [0, 0.05) is 12.1 Å². The molecule has 1 aliphatic heterocycles. The summed E-state index contributed by atoms with van der Waals surface area (Å²) in [5.74, 6) is -1.60. The second kappa shape index (κ2) is 9.49. The fourth-order valence-electron chi connectivity index (χ4n) is 3.18. The SMILES string of the molecule is O=C(C[C@@H]1SC(=Nc2ccccc2)N(c2ccccc2)C1=O)Nc1ccc(C(=O)O)cc1. The summed E-state index contributed by atoms with van der Waals surface area (Å²) < 4.78 is 0. The van der Waals surface area contributed by atoms with Crippen LogP contribution in [0.1, 0.15) is 16.8 Å². The standard InChI is InChI=1S/C24H19N3O4S/c28-21(25-18-13-11-16(12-14-18)23(30)31)15-20-22(29)27(19-9-5-2-6-10-19)24(32-20)26-17-7-3-1-4-8-17/h1-14,20H,15H2,(H,25,28)(H,30,31)/t20-/m0/s1. The number of para-hydroxylation sites is 2. The average Bonchev–Trinajstić information content (AvgIpc) is 3.09. The molecule has 2 amide bonds. The van der Waals surface area contributed by atoms with Gasteiger partial charge in [-0.25, -0.2) is 9.79 Å². The van der Waals surface area contributed by atoms with Crippen LogP contribution in [-0.2, 0) is 9.59 Å². The number of aromatic carboxylic acids is 1. The van der Waals surface area contributed by atoms with Crippen LogP contribution < -0.4 is 10.2 Å². The van der Waals surface area contributed by atoms with Crippen molar-refractivity contribution in [1.29, 1.82) is 0 Å².